The predicted molar refractivity (Wildman–Crippen MR) is 69.0 cm³/mol. The molecule has 90 valence electrons. The molecule has 15 heavy (non-hydrogen) atoms. The Morgan fingerprint density at radius 3 is 2.33 bits per heavy atom. The maximum Gasteiger partial charge on any atom is -0.0326 e. The van der Waals surface area contributed by atoms with Gasteiger partial charge in [-0.1, -0.05) is 66.7 Å². The van der Waals surface area contributed by atoms with Gasteiger partial charge in [-0.15, -0.1) is 0 Å². The second-order valence-electron chi connectivity index (χ2n) is 6.43. The van der Waals surface area contributed by atoms with E-state index in [1.54, 1.807) is 0 Å². The van der Waals surface area contributed by atoms with Crippen LogP contribution in [0, 0.1) is 23.2 Å². The molecular weight excluding hydrogens is 180 g/mol. The van der Waals surface area contributed by atoms with Gasteiger partial charge in [0, 0.05) is 0 Å². The first-order valence-electron chi connectivity index (χ1n) is 6.99. The maximum atomic E-state index is 2.50. The summed E-state index contributed by atoms with van der Waals surface area (Å²) in [6.45, 7) is 12.3. The molecule has 3 atom stereocenters. The number of hydrogen-bond donors (Lipinski definition) is 0. The third-order valence-electron chi connectivity index (χ3n) is 5.06. The first-order valence-corrected chi connectivity index (χ1v) is 6.99. The first kappa shape index (κ1) is 13.1. The van der Waals surface area contributed by atoms with Crippen molar-refractivity contribution < 1.29 is 0 Å². The van der Waals surface area contributed by atoms with Crippen LogP contribution in [-0.4, -0.2) is 0 Å². The first-order chi connectivity index (χ1) is 6.99. The molecule has 0 aromatic heterocycles. The zero-order valence-electron chi connectivity index (χ0n) is 11.5. The van der Waals surface area contributed by atoms with Crippen LogP contribution in [0.25, 0.3) is 0 Å². The zero-order valence-corrected chi connectivity index (χ0v) is 11.5. The molecule has 1 fully saturated rings. The van der Waals surface area contributed by atoms with Gasteiger partial charge < -0.3 is 0 Å². The van der Waals surface area contributed by atoms with Gasteiger partial charge in [0.25, 0.3) is 0 Å². The minimum Gasteiger partial charge on any atom is -0.0651 e. The van der Waals surface area contributed by atoms with Crippen molar-refractivity contribution in [1.29, 1.82) is 0 Å². The van der Waals surface area contributed by atoms with E-state index in [-0.39, 0.29) is 0 Å². The Morgan fingerprint density at radius 2 is 1.73 bits per heavy atom. The third kappa shape index (κ3) is 3.23. The van der Waals surface area contributed by atoms with E-state index in [0.29, 0.717) is 5.41 Å². The molecule has 1 rings (SSSR count). The van der Waals surface area contributed by atoms with Gasteiger partial charge in [-0.05, 0) is 29.6 Å². The molecule has 1 saturated carbocycles. The molecule has 0 nitrogen and oxygen atoms in total. The van der Waals surface area contributed by atoms with Gasteiger partial charge in [-0.25, -0.2) is 0 Å². The monoisotopic (exact) mass is 210 g/mol. The molecule has 0 spiro atoms. The molecule has 0 aliphatic heterocycles. The molecular formula is C15H30. The Labute approximate surface area is 96.8 Å². The highest BCUT2D eigenvalue weighted by atomic mass is 14.4. The van der Waals surface area contributed by atoms with Crippen LogP contribution in [0.3, 0.4) is 0 Å². The number of hydrogen-bond acceptors (Lipinski definition) is 0. The minimum atomic E-state index is 0.555. The Balaban J connectivity index is 2.79. The molecule has 0 aromatic rings. The van der Waals surface area contributed by atoms with E-state index in [1.807, 2.05) is 0 Å². The molecule has 0 saturated heterocycles. The van der Waals surface area contributed by atoms with Gasteiger partial charge in [0.1, 0.15) is 0 Å². The van der Waals surface area contributed by atoms with E-state index in [1.165, 1.54) is 38.5 Å². The van der Waals surface area contributed by atoms with Crippen molar-refractivity contribution in [2.75, 3.05) is 0 Å². The fourth-order valence-electron chi connectivity index (χ4n) is 3.49. The summed E-state index contributed by atoms with van der Waals surface area (Å²) < 4.78 is 0. The van der Waals surface area contributed by atoms with Gasteiger partial charge in [-0.3, -0.25) is 0 Å². The number of rotatable bonds is 1. The van der Waals surface area contributed by atoms with Crippen LogP contribution >= 0.6 is 0 Å². The molecule has 0 aromatic carbocycles. The normalized spacial score (nSPS) is 37.8. The quantitative estimate of drug-likeness (QED) is 0.552. The minimum absolute atomic E-state index is 0.555. The molecule has 0 bridgehead atoms. The Hall–Kier alpha value is 0. The lowest BCUT2D eigenvalue weighted by Crippen LogP contribution is -2.31. The summed E-state index contributed by atoms with van der Waals surface area (Å²) in [5.74, 6) is 2.76. The van der Waals surface area contributed by atoms with Crippen molar-refractivity contribution >= 4 is 0 Å². The van der Waals surface area contributed by atoms with Gasteiger partial charge in [0.2, 0.25) is 0 Å². The van der Waals surface area contributed by atoms with Crippen LogP contribution in [0.15, 0.2) is 0 Å². The molecule has 0 radical (unpaired) electrons. The largest absolute Gasteiger partial charge is 0.0651 e. The summed E-state index contributed by atoms with van der Waals surface area (Å²) in [5.41, 5.74) is 0.555. The van der Waals surface area contributed by atoms with E-state index in [4.69, 9.17) is 0 Å². The van der Waals surface area contributed by atoms with Crippen molar-refractivity contribution in [3.63, 3.8) is 0 Å². The standard InChI is InChI=1S/C15H30/c1-6-14-12(2)10-8-7-9-11-15(4,5)13(14)3/h12-14H,6-11H2,1-5H3. The lowest BCUT2D eigenvalue weighted by Gasteiger charge is -2.39. The topological polar surface area (TPSA) is 0 Å². The van der Waals surface area contributed by atoms with E-state index in [2.05, 4.69) is 34.6 Å². The van der Waals surface area contributed by atoms with Crippen molar-refractivity contribution in [2.24, 2.45) is 23.2 Å². The summed E-state index contributed by atoms with van der Waals surface area (Å²) >= 11 is 0. The van der Waals surface area contributed by atoms with Gasteiger partial charge in [0.05, 0.1) is 0 Å². The predicted octanol–water partition coefficient (Wildman–Crippen LogP) is 5.28. The molecule has 0 heteroatoms. The van der Waals surface area contributed by atoms with Crippen LogP contribution in [0.1, 0.15) is 73.1 Å². The van der Waals surface area contributed by atoms with Crippen molar-refractivity contribution in [2.45, 2.75) is 73.1 Å². The summed E-state index contributed by atoms with van der Waals surface area (Å²) in [5, 5.41) is 0. The van der Waals surface area contributed by atoms with Crippen LogP contribution < -0.4 is 0 Å². The molecule has 0 amide bonds. The summed E-state index contributed by atoms with van der Waals surface area (Å²) in [4.78, 5) is 0. The fraction of sp³-hybridized carbons (Fsp3) is 1.00. The molecule has 3 unspecified atom stereocenters. The smallest absolute Gasteiger partial charge is 0.0326 e. The van der Waals surface area contributed by atoms with E-state index in [0.717, 1.165) is 17.8 Å². The Morgan fingerprint density at radius 1 is 1.07 bits per heavy atom. The SMILES string of the molecule is CCC1C(C)CCCCCC(C)(C)C1C. The van der Waals surface area contributed by atoms with Crippen molar-refractivity contribution in [3.05, 3.63) is 0 Å². The summed E-state index contributed by atoms with van der Waals surface area (Å²) in [6, 6.07) is 0. The van der Waals surface area contributed by atoms with Crippen LogP contribution in [0.4, 0.5) is 0 Å². The van der Waals surface area contributed by atoms with Crippen LogP contribution in [-0.2, 0) is 0 Å². The second kappa shape index (κ2) is 5.37. The van der Waals surface area contributed by atoms with E-state index in [9.17, 15) is 0 Å². The molecule has 1 aliphatic rings. The molecule has 1 aliphatic carbocycles. The fourth-order valence-corrected chi connectivity index (χ4v) is 3.49. The Bertz CT molecular complexity index is 180. The lowest BCUT2D eigenvalue weighted by atomic mass is 9.66. The Kier molecular flexibility index (Phi) is 4.67. The zero-order chi connectivity index (χ0) is 11.5. The van der Waals surface area contributed by atoms with E-state index < -0.39 is 0 Å². The van der Waals surface area contributed by atoms with Crippen LogP contribution in [0.5, 0.6) is 0 Å². The summed E-state index contributed by atoms with van der Waals surface area (Å²) in [7, 11) is 0. The highest BCUT2D eigenvalue weighted by Crippen LogP contribution is 2.43. The van der Waals surface area contributed by atoms with E-state index >= 15 is 0 Å². The highest BCUT2D eigenvalue weighted by molar-refractivity contribution is 4.84. The average molecular weight is 210 g/mol. The van der Waals surface area contributed by atoms with Crippen LogP contribution in [0.2, 0.25) is 0 Å². The summed E-state index contributed by atoms with van der Waals surface area (Å²) in [6.07, 6.45) is 8.61. The van der Waals surface area contributed by atoms with Crippen molar-refractivity contribution in [3.8, 4) is 0 Å². The van der Waals surface area contributed by atoms with Gasteiger partial charge >= 0.3 is 0 Å². The molecule has 0 heterocycles. The van der Waals surface area contributed by atoms with Crippen molar-refractivity contribution in [1.82, 2.24) is 0 Å². The van der Waals surface area contributed by atoms with Gasteiger partial charge in [-0.2, -0.15) is 0 Å². The third-order valence-corrected chi connectivity index (χ3v) is 5.06. The average Bonchev–Trinajstić information content (AvgIpc) is 2.20. The molecule has 0 N–H and O–H groups in total. The highest BCUT2D eigenvalue weighted by Gasteiger charge is 2.34. The lowest BCUT2D eigenvalue weighted by molar-refractivity contribution is 0.105. The second-order valence-corrected chi connectivity index (χ2v) is 6.43. The maximum absolute atomic E-state index is 2.50. The van der Waals surface area contributed by atoms with Gasteiger partial charge in [0.15, 0.2) is 0 Å².